The summed E-state index contributed by atoms with van der Waals surface area (Å²) in [6.07, 6.45) is 0.956. The highest BCUT2D eigenvalue weighted by Gasteiger charge is 1.96. The molecule has 0 heterocycles. The van der Waals surface area contributed by atoms with E-state index in [1.165, 1.54) is 0 Å². The number of rotatable bonds is 8. The number of hydrogen-bond donors (Lipinski definition) is 2. The maximum absolute atomic E-state index is 5.58. The van der Waals surface area contributed by atoms with Crippen LogP contribution in [0.2, 0.25) is 0 Å². The predicted octanol–water partition coefficient (Wildman–Crippen LogP) is 1.88. The summed E-state index contributed by atoms with van der Waals surface area (Å²) in [4.78, 5) is 4.13. The van der Waals surface area contributed by atoms with Crippen LogP contribution in [0.4, 0.5) is 0 Å². The second-order valence-corrected chi connectivity index (χ2v) is 3.93. The minimum absolute atomic E-state index is 0. The van der Waals surface area contributed by atoms with Crippen molar-refractivity contribution in [2.45, 2.75) is 6.42 Å². The molecule has 0 fully saturated rings. The average molecular weight is 393 g/mol. The lowest BCUT2D eigenvalue weighted by molar-refractivity contribution is 0.195. The third-order valence-corrected chi connectivity index (χ3v) is 2.45. The quantitative estimate of drug-likeness (QED) is 0.307. The van der Waals surface area contributed by atoms with Gasteiger partial charge in [0.1, 0.15) is 12.4 Å². The summed E-state index contributed by atoms with van der Waals surface area (Å²) in [5, 5.41) is 6.40. The van der Waals surface area contributed by atoms with E-state index in [-0.39, 0.29) is 24.0 Å². The highest BCUT2D eigenvalue weighted by Crippen LogP contribution is 2.07. The second-order valence-electron chi connectivity index (χ2n) is 3.93. The Labute approximate surface area is 138 Å². The van der Waals surface area contributed by atoms with Gasteiger partial charge in [-0.25, -0.2) is 0 Å². The molecule has 5 nitrogen and oxygen atoms in total. The van der Waals surface area contributed by atoms with Crippen LogP contribution in [0.5, 0.6) is 5.75 Å². The molecule has 2 N–H and O–H groups in total. The van der Waals surface area contributed by atoms with Gasteiger partial charge in [0.05, 0.1) is 6.54 Å². The van der Waals surface area contributed by atoms with Gasteiger partial charge in [-0.2, -0.15) is 0 Å². The molecule has 0 amide bonds. The lowest BCUT2D eigenvalue weighted by Gasteiger charge is -2.12. The first-order chi connectivity index (χ1) is 9.36. The van der Waals surface area contributed by atoms with Crippen molar-refractivity contribution in [3.05, 3.63) is 30.3 Å². The van der Waals surface area contributed by atoms with Crippen molar-refractivity contribution in [3.63, 3.8) is 0 Å². The molecule has 0 aromatic heterocycles. The minimum Gasteiger partial charge on any atom is -0.492 e. The Balaban J connectivity index is 0.00000361. The zero-order chi connectivity index (χ0) is 13.8. The van der Waals surface area contributed by atoms with Gasteiger partial charge >= 0.3 is 0 Å². The van der Waals surface area contributed by atoms with E-state index in [0.717, 1.165) is 31.3 Å². The molecule has 1 rings (SSSR count). The third-order valence-electron chi connectivity index (χ3n) is 2.45. The third kappa shape index (κ3) is 8.98. The molecule has 0 bridgehead atoms. The van der Waals surface area contributed by atoms with Gasteiger partial charge in [0, 0.05) is 27.3 Å². The van der Waals surface area contributed by atoms with E-state index in [1.54, 1.807) is 14.2 Å². The van der Waals surface area contributed by atoms with Crippen LogP contribution in [0, 0.1) is 0 Å². The van der Waals surface area contributed by atoms with Crippen LogP contribution >= 0.6 is 24.0 Å². The fourth-order valence-electron chi connectivity index (χ4n) is 1.50. The molecule has 20 heavy (non-hydrogen) atoms. The maximum atomic E-state index is 5.58. The van der Waals surface area contributed by atoms with E-state index in [0.29, 0.717) is 13.2 Å². The lowest BCUT2D eigenvalue weighted by atomic mass is 10.3. The van der Waals surface area contributed by atoms with Gasteiger partial charge in [-0.1, -0.05) is 18.2 Å². The van der Waals surface area contributed by atoms with Crippen LogP contribution in [0.1, 0.15) is 6.42 Å². The first kappa shape index (κ1) is 19.0. The SMILES string of the molecule is CN=C(NCCCOC)NCCOc1ccccc1.I. The normalized spacial score (nSPS) is 10.6. The Bertz CT molecular complexity index is 361. The molecule has 0 unspecified atom stereocenters. The molecule has 1 aromatic rings. The van der Waals surface area contributed by atoms with Crippen LogP contribution in [0.25, 0.3) is 0 Å². The molecule has 0 atom stereocenters. The van der Waals surface area contributed by atoms with Gasteiger partial charge in [0.2, 0.25) is 0 Å². The number of ether oxygens (including phenoxy) is 2. The van der Waals surface area contributed by atoms with Gasteiger partial charge in [-0.05, 0) is 18.6 Å². The number of nitrogens with one attached hydrogen (secondary N) is 2. The van der Waals surface area contributed by atoms with Crippen molar-refractivity contribution in [1.82, 2.24) is 10.6 Å². The van der Waals surface area contributed by atoms with Gasteiger partial charge in [-0.15, -0.1) is 24.0 Å². The summed E-state index contributed by atoms with van der Waals surface area (Å²) in [6.45, 7) is 2.90. The number of para-hydroxylation sites is 1. The topological polar surface area (TPSA) is 54.9 Å². The zero-order valence-corrected chi connectivity index (χ0v) is 14.4. The Kier molecular flexibility index (Phi) is 12.3. The zero-order valence-electron chi connectivity index (χ0n) is 12.1. The lowest BCUT2D eigenvalue weighted by Crippen LogP contribution is -2.39. The predicted molar refractivity (Wildman–Crippen MR) is 93.2 cm³/mol. The Morgan fingerprint density at radius 1 is 1.10 bits per heavy atom. The Hall–Kier alpha value is -1.02. The van der Waals surface area contributed by atoms with Gasteiger partial charge in [-0.3, -0.25) is 4.99 Å². The molecule has 0 radical (unpaired) electrons. The standard InChI is InChI=1S/C14H23N3O2.HI/c1-15-14(16-9-6-11-18-2)17-10-12-19-13-7-4-3-5-8-13;/h3-5,7-8H,6,9-12H2,1-2H3,(H2,15,16,17);1H. The molecule has 6 heteroatoms. The van der Waals surface area contributed by atoms with Crippen LogP contribution in [-0.4, -0.2) is 46.4 Å². The summed E-state index contributed by atoms with van der Waals surface area (Å²) in [6, 6.07) is 9.77. The first-order valence-electron chi connectivity index (χ1n) is 6.48. The smallest absolute Gasteiger partial charge is 0.191 e. The van der Waals surface area contributed by atoms with Crippen LogP contribution in [-0.2, 0) is 4.74 Å². The molecule has 0 aliphatic carbocycles. The van der Waals surface area contributed by atoms with Crippen LogP contribution < -0.4 is 15.4 Å². The fourth-order valence-corrected chi connectivity index (χ4v) is 1.50. The summed E-state index contributed by atoms with van der Waals surface area (Å²) in [7, 11) is 3.46. The molecule has 0 spiro atoms. The molecule has 1 aromatic carbocycles. The number of methoxy groups -OCH3 is 1. The van der Waals surface area contributed by atoms with Crippen molar-refractivity contribution in [3.8, 4) is 5.75 Å². The maximum Gasteiger partial charge on any atom is 0.191 e. The van der Waals surface area contributed by atoms with Crippen molar-refractivity contribution in [2.24, 2.45) is 4.99 Å². The molecule has 0 aliphatic rings. The van der Waals surface area contributed by atoms with E-state index in [9.17, 15) is 0 Å². The van der Waals surface area contributed by atoms with E-state index < -0.39 is 0 Å². The van der Waals surface area contributed by atoms with Crippen molar-refractivity contribution < 1.29 is 9.47 Å². The Morgan fingerprint density at radius 2 is 1.80 bits per heavy atom. The fraction of sp³-hybridized carbons (Fsp3) is 0.500. The van der Waals surface area contributed by atoms with E-state index in [2.05, 4.69) is 15.6 Å². The highest BCUT2D eigenvalue weighted by atomic mass is 127. The van der Waals surface area contributed by atoms with Crippen LogP contribution in [0.3, 0.4) is 0 Å². The second kappa shape index (κ2) is 13.0. The summed E-state index contributed by atoms with van der Waals surface area (Å²) in [5.41, 5.74) is 0. The number of halogens is 1. The van der Waals surface area contributed by atoms with E-state index >= 15 is 0 Å². The molecule has 0 saturated carbocycles. The largest absolute Gasteiger partial charge is 0.492 e. The molecular weight excluding hydrogens is 369 g/mol. The number of benzene rings is 1. The molecule has 0 saturated heterocycles. The number of nitrogens with zero attached hydrogens (tertiary/aromatic N) is 1. The minimum atomic E-state index is 0. The highest BCUT2D eigenvalue weighted by molar-refractivity contribution is 14.0. The number of guanidine groups is 1. The average Bonchev–Trinajstić information content (AvgIpc) is 2.46. The summed E-state index contributed by atoms with van der Waals surface area (Å²) >= 11 is 0. The Morgan fingerprint density at radius 3 is 2.45 bits per heavy atom. The molecular formula is C14H24IN3O2. The number of aliphatic imine (C=N–C) groups is 1. The van der Waals surface area contributed by atoms with Gasteiger partial charge in [0.15, 0.2) is 5.96 Å². The molecule has 114 valence electrons. The van der Waals surface area contributed by atoms with Gasteiger partial charge in [0.25, 0.3) is 0 Å². The molecule has 0 aliphatic heterocycles. The van der Waals surface area contributed by atoms with Crippen molar-refractivity contribution in [2.75, 3.05) is 40.5 Å². The first-order valence-corrected chi connectivity index (χ1v) is 6.48. The number of hydrogen-bond acceptors (Lipinski definition) is 3. The summed E-state index contributed by atoms with van der Waals surface area (Å²) in [5.74, 6) is 1.67. The summed E-state index contributed by atoms with van der Waals surface area (Å²) < 4.78 is 10.6. The van der Waals surface area contributed by atoms with Gasteiger partial charge < -0.3 is 20.1 Å². The van der Waals surface area contributed by atoms with Crippen LogP contribution in [0.15, 0.2) is 35.3 Å². The monoisotopic (exact) mass is 393 g/mol. The van der Waals surface area contributed by atoms with E-state index in [4.69, 9.17) is 9.47 Å². The van der Waals surface area contributed by atoms with Crippen molar-refractivity contribution in [1.29, 1.82) is 0 Å². The van der Waals surface area contributed by atoms with E-state index in [1.807, 2.05) is 30.3 Å². The van der Waals surface area contributed by atoms with Crippen molar-refractivity contribution >= 4 is 29.9 Å².